The van der Waals surface area contributed by atoms with E-state index in [9.17, 15) is 0 Å². The zero-order valence-corrected chi connectivity index (χ0v) is 12.1. The van der Waals surface area contributed by atoms with Crippen LogP contribution in [0.2, 0.25) is 0 Å². The van der Waals surface area contributed by atoms with Crippen LogP contribution in [-0.4, -0.2) is 11.5 Å². The number of nitrogens with zero attached hydrogens (tertiary/aromatic N) is 1. The number of hydrogen-bond donors (Lipinski definition) is 1. The molecule has 1 aromatic heterocycles. The smallest absolute Gasteiger partial charge is 0.0798 e. The van der Waals surface area contributed by atoms with Gasteiger partial charge >= 0.3 is 0 Å². The second-order valence-electron chi connectivity index (χ2n) is 5.70. The Morgan fingerprint density at radius 1 is 1.38 bits per heavy atom. The Morgan fingerprint density at radius 2 is 2.00 bits per heavy atom. The Balaban J connectivity index is 2.48. The van der Waals surface area contributed by atoms with Gasteiger partial charge in [-0.15, -0.1) is 11.3 Å². The molecule has 1 N–H and O–H groups in total. The molecule has 0 aliphatic carbocycles. The zero-order valence-electron chi connectivity index (χ0n) is 11.3. The van der Waals surface area contributed by atoms with Crippen LogP contribution in [0.4, 0.5) is 0 Å². The SMILES string of the molecule is Cc1ncsc1C(C)NCC(C)C(C)(C)C. The minimum atomic E-state index is 0.371. The van der Waals surface area contributed by atoms with Gasteiger partial charge in [0.1, 0.15) is 0 Å². The molecule has 1 aromatic rings. The third kappa shape index (κ3) is 3.56. The molecule has 0 saturated carbocycles. The number of aryl methyl sites for hydroxylation is 1. The first-order valence-electron chi connectivity index (χ1n) is 5.95. The lowest BCUT2D eigenvalue weighted by atomic mass is 9.82. The van der Waals surface area contributed by atoms with Gasteiger partial charge in [-0.1, -0.05) is 27.7 Å². The van der Waals surface area contributed by atoms with Gasteiger partial charge in [-0.3, -0.25) is 0 Å². The fourth-order valence-electron chi connectivity index (χ4n) is 1.48. The van der Waals surface area contributed by atoms with Gasteiger partial charge in [-0.2, -0.15) is 0 Å². The van der Waals surface area contributed by atoms with Gasteiger partial charge < -0.3 is 5.32 Å². The highest BCUT2D eigenvalue weighted by Gasteiger charge is 2.20. The van der Waals surface area contributed by atoms with E-state index in [1.54, 1.807) is 11.3 Å². The lowest BCUT2D eigenvalue weighted by Gasteiger charge is -2.28. The summed E-state index contributed by atoms with van der Waals surface area (Å²) in [6.07, 6.45) is 0. The highest BCUT2D eigenvalue weighted by molar-refractivity contribution is 7.09. The molecule has 0 spiro atoms. The van der Waals surface area contributed by atoms with Crippen molar-refractivity contribution in [2.24, 2.45) is 11.3 Å². The van der Waals surface area contributed by atoms with Gasteiger partial charge in [0.05, 0.1) is 11.2 Å². The van der Waals surface area contributed by atoms with Crippen LogP contribution in [0.25, 0.3) is 0 Å². The molecule has 3 heteroatoms. The molecule has 0 fully saturated rings. The molecular formula is C13H24N2S. The average molecular weight is 240 g/mol. The molecule has 0 aliphatic rings. The largest absolute Gasteiger partial charge is 0.309 e. The summed E-state index contributed by atoms with van der Waals surface area (Å²) in [5, 5.41) is 3.60. The lowest BCUT2D eigenvalue weighted by molar-refractivity contribution is 0.247. The quantitative estimate of drug-likeness (QED) is 0.866. The number of nitrogens with one attached hydrogen (secondary N) is 1. The van der Waals surface area contributed by atoms with E-state index in [2.05, 4.69) is 51.8 Å². The highest BCUT2D eigenvalue weighted by Crippen LogP contribution is 2.26. The minimum absolute atomic E-state index is 0.371. The van der Waals surface area contributed by atoms with Crippen LogP contribution in [0.3, 0.4) is 0 Å². The van der Waals surface area contributed by atoms with Gasteiger partial charge in [-0.25, -0.2) is 4.98 Å². The van der Waals surface area contributed by atoms with E-state index < -0.39 is 0 Å². The van der Waals surface area contributed by atoms with Gasteiger partial charge in [0.2, 0.25) is 0 Å². The van der Waals surface area contributed by atoms with Crippen LogP contribution in [-0.2, 0) is 0 Å². The molecule has 0 amide bonds. The zero-order chi connectivity index (χ0) is 12.3. The van der Waals surface area contributed by atoms with Crippen LogP contribution in [0.1, 0.15) is 51.2 Å². The molecule has 1 heterocycles. The van der Waals surface area contributed by atoms with E-state index in [0.29, 0.717) is 17.4 Å². The molecule has 16 heavy (non-hydrogen) atoms. The van der Waals surface area contributed by atoms with Crippen molar-refractivity contribution in [3.8, 4) is 0 Å². The summed E-state index contributed by atoms with van der Waals surface area (Å²) in [6.45, 7) is 14.5. The fourth-order valence-corrected chi connectivity index (χ4v) is 2.31. The van der Waals surface area contributed by atoms with Gasteiger partial charge in [0.15, 0.2) is 0 Å². The van der Waals surface area contributed by atoms with E-state index in [-0.39, 0.29) is 0 Å². The molecule has 0 bridgehead atoms. The third-order valence-electron chi connectivity index (χ3n) is 3.38. The first kappa shape index (κ1) is 13.7. The minimum Gasteiger partial charge on any atom is -0.309 e. The summed E-state index contributed by atoms with van der Waals surface area (Å²) in [4.78, 5) is 5.65. The van der Waals surface area contributed by atoms with Crippen molar-refractivity contribution in [3.05, 3.63) is 16.1 Å². The van der Waals surface area contributed by atoms with Crippen molar-refractivity contribution in [1.29, 1.82) is 0 Å². The predicted octanol–water partition coefficient (Wildman–Crippen LogP) is 3.78. The van der Waals surface area contributed by atoms with Gasteiger partial charge in [0, 0.05) is 10.9 Å². The highest BCUT2D eigenvalue weighted by atomic mass is 32.1. The van der Waals surface area contributed by atoms with E-state index in [1.165, 1.54) is 4.88 Å². The number of aromatic nitrogens is 1. The first-order valence-corrected chi connectivity index (χ1v) is 6.83. The monoisotopic (exact) mass is 240 g/mol. The molecule has 2 atom stereocenters. The van der Waals surface area contributed by atoms with E-state index in [4.69, 9.17) is 0 Å². The van der Waals surface area contributed by atoms with Crippen LogP contribution < -0.4 is 5.32 Å². The Labute approximate surface area is 103 Å². The van der Waals surface area contributed by atoms with Crippen LogP contribution in [0, 0.1) is 18.3 Å². The van der Waals surface area contributed by atoms with Gasteiger partial charge in [0.25, 0.3) is 0 Å². The van der Waals surface area contributed by atoms with Crippen molar-refractivity contribution < 1.29 is 0 Å². The normalized spacial score (nSPS) is 16.1. The van der Waals surface area contributed by atoms with E-state index in [1.807, 2.05) is 5.51 Å². The summed E-state index contributed by atoms with van der Waals surface area (Å²) < 4.78 is 0. The van der Waals surface area contributed by atoms with Crippen LogP contribution >= 0.6 is 11.3 Å². The third-order valence-corrected chi connectivity index (χ3v) is 4.50. The first-order chi connectivity index (χ1) is 7.32. The topological polar surface area (TPSA) is 24.9 Å². The summed E-state index contributed by atoms with van der Waals surface area (Å²) in [7, 11) is 0. The number of rotatable bonds is 4. The maximum absolute atomic E-state index is 4.29. The molecule has 2 nitrogen and oxygen atoms in total. The summed E-state index contributed by atoms with van der Waals surface area (Å²) in [5.74, 6) is 0.670. The second-order valence-corrected chi connectivity index (χ2v) is 6.59. The summed E-state index contributed by atoms with van der Waals surface area (Å²) in [5.41, 5.74) is 3.46. The Morgan fingerprint density at radius 3 is 2.44 bits per heavy atom. The molecule has 1 rings (SSSR count). The standard InChI is InChI=1S/C13H24N2S/c1-9(13(4,5)6)7-14-10(2)12-11(3)15-8-16-12/h8-10,14H,7H2,1-6H3. The van der Waals surface area contributed by atoms with Crippen molar-refractivity contribution in [3.63, 3.8) is 0 Å². The number of hydrogen-bond acceptors (Lipinski definition) is 3. The van der Waals surface area contributed by atoms with Crippen molar-refractivity contribution in [1.82, 2.24) is 10.3 Å². The molecule has 0 saturated heterocycles. The summed E-state index contributed by atoms with van der Waals surface area (Å²) >= 11 is 1.74. The molecular weight excluding hydrogens is 216 g/mol. The maximum atomic E-state index is 4.29. The summed E-state index contributed by atoms with van der Waals surface area (Å²) in [6, 6.07) is 0.414. The molecule has 92 valence electrons. The predicted molar refractivity (Wildman–Crippen MR) is 71.9 cm³/mol. The Hall–Kier alpha value is -0.410. The fraction of sp³-hybridized carbons (Fsp3) is 0.769. The van der Waals surface area contributed by atoms with E-state index in [0.717, 1.165) is 12.2 Å². The maximum Gasteiger partial charge on any atom is 0.0798 e. The molecule has 0 aromatic carbocycles. The van der Waals surface area contributed by atoms with Crippen molar-refractivity contribution >= 4 is 11.3 Å². The average Bonchev–Trinajstić information content (AvgIpc) is 2.58. The second kappa shape index (κ2) is 5.28. The van der Waals surface area contributed by atoms with Gasteiger partial charge in [-0.05, 0) is 31.7 Å². The number of thiazole rings is 1. The molecule has 0 aliphatic heterocycles. The Bertz CT molecular complexity index is 325. The molecule has 2 unspecified atom stereocenters. The van der Waals surface area contributed by atoms with Crippen LogP contribution in [0.15, 0.2) is 5.51 Å². The lowest BCUT2D eigenvalue weighted by Crippen LogP contribution is -2.31. The molecule has 0 radical (unpaired) electrons. The van der Waals surface area contributed by atoms with E-state index >= 15 is 0 Å². The van der Waals surface area contributed by atoms with Crippen molar-refractivity contribution in [2.75, 3.05) is 6.54 Å². The van der Waals surface area contributed by atoms with Crippen LogP contribution in [0.5, 0.6) is 0 Å². The Kier molecular flexibility index (Phi) is 4.51. The van der Waals surface area contributed by atoms with Crippen molar-refractivity contribution in [2.45, 2.75) is 47.6 Å².